The van der Waals surface area contributed by atoms with E-state index in [-0.39, 0.29) is 6.42 Å². The number of aliphatic carboxylic acids is 2. The van der Waals surface area contributed by atoms with Crippen molar-refractivity contribution in [2.24, 2.45) is 0 Å². The maximum atomic E-state index is 11.0. The number of nitrogens with one attached hydrogen (secondary N) is 1. The van der Waals surface area contributed by atoms with Gasteiger partial charge < -0.3 is 15.5 Å². The van der Waals surface area contributed by atoms with E-state index in [0.29, 0.717) is 13.0 Å². The molecule has 3 N–H and O–H groups in total. The van der Waals surface area contributed by atoms with Gasteiger partial charge in [0.2, 0.25) is 5.91 Å². The zero-order chi connectivity index (χ0) is 13.8. The molecule has 0 radical (unpaired) electrons. The fourth-order valence-electron chi connectivity index (χ4n) is 1.35. The molecule has 6 heteroatoms. The van der Waals surface area contributed by atoms with E-state index in [2.05, 4.69) is 5.32 Å². The SMILES string of the molecule is O=C(O)/C=C\C(=O)NCCCCCCCC(=O)O. The van der Waals surface area contributed by atoms with E-state index in [1.54, 1.807) is 0 Å². The predicted molar refractivity (Wildman–Crippen MR) is 65.1 cm³/mol. The number of carboxylic acid groups (broad SMARTS) is 2. The first-order chi connectivity index (χ1) is 8.52. The first-order valence-electron chi connectivity index (χ1n) is 5.93. The minimum atomic E-state index is -1.15. The molecule has 0 spiro atoms. The summed E-state index contributed by atoms with van der Waals surface area (Å²) < 4.78 is 0. The van der Waals surface area contributed by atoms with Crippen molar-refractivity contribution >= 4 is 17.8 Å². The second-order valence-corrected chi connectivity index (χ2v) is 3.87. The van der Waals surface area contributed by atoms with Crippen LogP contribution >= 0.6 is 0 Å². The lowest BCUT2D eigenvalue weighted by molar-refractivity contribution is -0.137. The normalized spacial score (nSPS) is 10.4. The van der Waals surface area contributed by atoms with Gasteiger partial charge in [-0.15, -0.1) is 0 Å². The number of hydrogen-bond acceptors (Lipinski definition) is 3. The molecule has 0 aromatic carbocycles. The Kier molecular flexibility index (Phi) is 9.25. The Hall–Kier alpha value is -1.85. The molecule has 0 rings (SSSR count). The zero-order valence-electron chi connectivity index (χ0n) is 10.2. The van der Waals surface area contributed by atoms with Crippen LogP contribution in [0.15, 0.2) is 12.2 Å². The first kappa shape index (κ1) is 16.1. The fourth-order valence-corrected chi connectivity index (χ4v) is 1.35. The smallest absolute Gasteiger partial charge is 0.328 e. The van der Waals surface area contributed by atoms with Crippen molar-refractivity contribution in [1.29, 1.82) is 0 Å². The highest BCUT2D eigenvalue weighted by atomic mass is 16.4. The molecule has 0 fully saturated rings. The summed E-state index contributed by atoms with van der Waals surface area (Å²) in [5.41, 5.74) is 0. The molecule has 0 atom stereocenters. The summed E-state index contributed by atoms with van der Waals surface area (Å²) in [6.07, 6.45) is 6.20. The van der Waals surface area contributed by atoms with E-state index < -0.39 is 17.8 Å². The summed E-state index contributed by atoms with van der Waals surface area (Å²) in [5, 5.41) is 19.3. The molecule has 6 nitrogen and oxygen atoms in total. The Labute approximate surface area is 106 Å². The number of hydrogen-bond donors (Lipinski definition) is 3. The van der Waals surface area contributed by atoms with Crippen LogP contribution in [0.25, 0.3) is 0 Å². The Balaban J connectivity index is 3.32. The number of carbonyl (C=O) groups is 3. The van der Waals surface area contributed by atoms with Crippen LogP contribution < -0.4 is 5.32 Å². The second-order valence-electron chi connectivity index (χ2n) is 3.87. The molecular formula is C12H19NO5. The summed E-state index contributed by atoms with van der Waals surface area (Å²) in [6, 6.07) is 0. The van der Waals surface area contributed by atoms with Gasteiger partial charge in [-0.3, -0.25) is 9.59 Å². The van der Waals surface area contributed by atoms with Gasteiger partial charge in [-0.05, 0) is 12.8 Å². The maximum Gasteiger partial charge on any atom is 0.328 e. The van der Waals surface area contributed by atoms with Crippen LogP contribution in [0.4, 0.5) is 0 Å². The summed E-state index contributed by atoms with van der Waals surface area (Å²) in [5.74, 6) is -2.33. The lowest BCUT2D eigenvalue weighted by Gasteiger charge is -2.02. The minimum Gasteiger partial charge on any atom is -0.481 e. The van der Waals surface area contributed by atoms with Gasteiger partial charge in [-0.25, -0.2) is 4.79 Å². The largest absolute Gasteiger partial charge is 0.481 e. The lowest BCUT2D eigenvalue weighted by Crippen LogP contribution is -2.22. The molecule has 0 aromatic heterocycles. The molecule has 0 aliphatic carbocycles. The van der Waals surface area contributed by atoms with Gasteiger partial charge in [-0.2, -0.15) is 0 Å². The van der Waals surface area contributed by atoms with Crippen LogP contribution in [0.1, 0.15) is 38.5 Å². The van der Waals surface area contributed by atoms with Crippen LogP contribution in [0, 0.1) is 0 Å². The molecule has 0 saturated heterocycles. The van der Waals surface area contributed by atoms with E-state index in [0.717, 1.165) is 37.8 Å². The van der Waals surface area contributed by atoms with E-state index in [9.17, 15) is 14.4 Å². The molecule has 0 bridgehead atoms. The summed E-state index contributed by atoms with van der Waals surface area (Å²) >= 11 is 0. The average Bonchev–Trinajstić information content (AvgIpc) is 2.29. The summed E-state index contributed by atoms with van der Waals surface area (Å²) in [6.45, 7) is 0.502. The fraction of sp³-hybridized carbons (Fsp3) is 0.583. The standard InChI is InChI=1S/C12H19NO5/c14-10(7-8-12(17)18)13-9-5-3-1-2-4-6-11(15)16/h7-8H,1-6,9H2,(H,13,14)(H,15,16)(H,17,18)/b8-7-. The molecular weight excluding hydrogens is 238 g/mol. The van der Waals surface area contributed by atoms with Gasteiger partial charge in [0.25, 0.3) is 0 Å². The molecule has 18 heavy (non-hydrogen) atoms. The summed E-state index contributed by atoms with van der Waals surface area (Å²) in [7, 11) is 0. The quantitative estimate of drug-likeness (QED) is 0.402. The number of carboxylic acids is 2. The van der Waals surface area contributed by atoms with Crippen molar-refractivity contribution in [2.45, 2.75) is 38.5 Å². The van der Waals surface area contributed by atoms with Crippen molar-refractivity contribution in [2.75, 3.05) is 6.54 Å². The van der Waals surface area contributed by atoms with Gasteiger partial charge in [0.05, 0.1) is 0 Å². The van der Waals surface area contributed by atoms with Crippen LogP contribution in [0.5, 0.6) is 0 Å². The average molecular weight is 257 g/mol. The molecule has 0 aromatic rings. The van der Waals surface area contributed by atoms with E-state index in [4.69, 9.17) is 10.2 Å². The second kappa shape index (κ2) is 10.3. The van der Waals surface area contributed by atoms with Crippen LogP contribution in [0.3, 0.4) is 0 Å². The molecule has 102 valence electrons. The highest BCUT2D eigenvalue weighted by Gasteiger charge is 1.98. The zero-order valence-corrected chi connectivity index (χ0v) is 10.2. The Bertz CT molecular complexity index is 312. The number of carbonyl (C=O) groups excluding carboxylic acids is 1. The number of amides is 1. The van der Waals surface area contributed by atoms with Crippen LogP contribution in [-0.4, -0.2) is 34.6 Å². The molecule has 0 saturated carbocycles. The molecule has 1 amide bonds. The molecule has 0 unspecified atom stereocenters. The van der Waals surface area contributed by atoms with Gasteiger partial charge in [-0.1, -0.05) is 19.3 Å². The van der Waals surface area contributed by atoms with Crippen molar-refractivity contribution in [3.05, 3.63) is 12.2 Å². The monoisotopic (exact) mass is 257 g/mol. The van der Waals surface area contributed by atoms with Crippen LogP contribution in [0.2, 0.25) is 0 Å². The highest BCUT2D eigenvalue weighted by Crippen LogP contribution is 2.04. The number of rotatable bonds is 10. The third-order valence-corrected chi connectivity index (χ3v) is 2.24. The van der Waals surface area contributed by atoms with Crippen molar-refractivity contribution in [3.8, 4) is 0 Å². The topological polar surface area (TPSA) is 104 Å². The highest BCUT2D eigenvalue weighted by molar-refractivity contribution is 5.93. The van der Waals surface area contributed by atoms with E-state index >= 15 is 0 Å². The Morgan fingerprint density at radius 2 is 1.50 bits per heavy atom. The molecule has 0 aliphatic heterocycles. The van der Waals surface area contributed by atoms with Gasteiger partial charge >= 0.3 is 11.9 Å². The first-order valence-corrected chi connectivity index (χ1v) is 5.93. The van der Waals surface area contributed by atoms with Gasteiger partial charge in [0.1, 0.15) is 0 Å². The van der Waals surface area contributed by atoms with Crippen molar-refractivity contribution in [1.82, 2.24) is 5.32 Å². The Morgan fingerprint density at radius 3 is 2.11 bits per heavy atom. The van der Waals surface area contributed by atoms with E-state index in [1.807, 2.05) is 0 Å². The third-order valence-electron chi connectivity index (χ3n) is 2.24. The maximum absolute atomic E-state index is 11.0. The lowest BCUT2D eigenvalue weighted by atomic mass is 10.1. The van der Waals surface area contributed by atoms with Crippen LogP contribution in [-0.2, 0) is 14.4 Å². The molecule has 0 heterocycles. The molecule has 0 aliphatic rings. The summed E-state index contributed by atoms with van der Waals surface area (Å²) in [4.78, 5) is 31.4. The number of unbranched alkanes of at least 4 members (excludes halogenated alkanes) is 4. The van der Waals surface area contributed by atoms with Gasteiger partial charge in [0, 0.05) is 25.1 Å². The third kappa shape index (κ3) is 12.2. The van der Waals surface area contributed by atoms with Crippen molar-refractivity contribution in [3.63, 3.8) is 0 Å². The van der Waals surface area contributed by atoms with E-state index in [1.165, 1.54) is 0 Å². The van der Waals surface area contributed by atoms with Gasteiger partial charge in [0.15, 0.2) is 0 Å². The minimum absolute atomic E-state index is 0.205. The Morgan fingerprint density at radius 1 is 0.889 bits per heavy atom. The predicted octanol–water partition coefficient (Wildman–Crippen LogP) is 1.17. The van der Waals surface area contributed by atoms with Crippen molar-refractivity contribution < 1.29 is 24.6 Å².